The van der Waals surface area contributed by atoms with Crippen LogP contribution in [0.2, 0.25) is 0 Å². The summed E-state index contributed by atoms with van der Waals surface area (Å²) < 4.78 is 6.74. The van der Waals surface area contributed by atoms with Gasteiger partial charge in [-0.05, 0) is 37.6 Å². The second kappa shape index (κ2) is 12.9. The van der Waals surface area contributed by atoms with E-state index in [0.717, 1.165) is 16.8 Å². The Kier molecular flexibility index (Phi) is 9.99. The molecule has 8 nitrogen and oxygen atoms in total. The molecule has 34 heavy (non-hydrogen) atoms. The largest absolute Gasteiger partial charge is 0.461 e. The predicted octanol–water partition coefficient (Wildman–Crippen LogP) is 3.33. The number of esters is 1. The number of aliphatic hydroxyl groups excluding tert-OH is 1. The van der Waals surface area contributed by atoms with Crippen molar-refractivity contribution in [1.29, 1.82) is 0 Å². The lowest BCUT2D eigenvalue weighted by atomic mass is 10.1. The average molecular weight is 463 g/mol. The predicted molar refractivity (Wildman–Crippen MR) is 130 cm³/mol. The van der Waals surface area contributed by atoms with Gasteiger partial charge in [-0.3, -0.25) is 9.78 Å². The van der Waals surface area contributed by atoms with Crippen molar-refractivity contribution in [2.75, 3.05) is 20.2 Å². The third kappa shape index (κ3) is 6.53. The number of nitrogens with zero attached hydrogens (tertiary/aromatic N) is 4. The van der Waals surface area contributed by atoms with Gasteiger partial charge in [0.25, 0.3) is 5.91 Å². The van der Waals surface area contributed by atoms with Crippen LogP contribution in [0.15, 0.2) is 55.0 Å². The van der Waals surface area contributed by atoms with Crippen LogP contribution in [-0.2, 0) is 9.53 Å². The molecule has 1 atom stereocenters. The molecule has 3 aromatic rings. The lowest BCUT2D eigenvalue weighted by Crippen LogP contribution is -2.24. The van der Waals surface area contributed by atoms with Gasteiger partial charge >= 0.3 is 5.97 Å². The zero-order valence-corrected chi connectivity index (χ0v) is 19.9. The lowest BCUT2D eigenvalue weighted by molar-refractivity contribution is -0.133. The topological polar surface area (TPSA) is 97.6 Å². The molecule has 0 saturated carbocycles. The van der Waals surface area contributed by atoms with Crippen LogP contribution in [-0.4, -0.2) is 63.0 Å². The zero-order chi connectivity index (χ0) is 25.1. The van der Waals surface area contributed by atoms with Crippen molar-refractivity contribution in [1.82, 2.24) is 19.7 Å². The summed E-state index contributed by atoms with van der Waals surface area (Å²) in [6, 6.07) is 11.1. The molecule has 0 spiro atoms. The highest BCUT2D eigenvalue weighted by atomic mass is 16.5. The summed E-state index contributed by atoms with van der Waals surface area (Å²) in [5, 5.41) is 13.2. The molecule has 0 bridgehead atoms. The maximum atomic E-state index is 12.3. The first kappa shape index (κ1) is 26.3. The van der Waals surface area contributed by atoms with Gasteiger partial charge in [0.15, 0.2) is 5.69 Å². The van der Waals surface area contributed by atoms with Crippen LogP contribution in [0.1, 0.15) is 43.2 Å². The molecule has 1 N–H and O–H groups in total. The molecule has 178 valence electrons. The molecule has 1 aliphatic heterocycles. The fraction of sp³-hybridized carbons (Fsp3) is 0.308. The Labute approximate surface area is 200 Å². The van der Waals surface area contributed by atoms with Crippen molar-refractivity contribution in [3.63, 3.8) is 0 Å². The standard InChI is InChI=1S/C19H15N3O2.C5H9NO2.C2H6/c1-3-14-7-5-9-16(11-14)22-13-17(15-8-6-10-20-12-15)18(21-22)19(23)24-4-2;1-6-3-2-4(7)5(6)8;1-2/h1,5-13H,4H2,2H3;4,7H,2-3H2,1H3;1-2H3. The lowest BCUT2D eigenvalue weighted by Gasteiger charge is -2.04. The SMILES string of the molecule is C#Cc1cccc(-n2cc(-c3cccnc3)c(C(=O)OCC)n2)c1.CC.CN1CCC(O)C1=O. The minimum atomic E-state index is -0.722. The number of carbonyl (C=O) groups excluding carboxylic acids is 2. The van der Waals surface area contributed by atoms with Gasteiger partial charge < -0.3 is 14.7 Å². The average Bonchev–Trinajstić information content (AvgIpc) is 3.46. The number of aliphatic hydroxyl groups is 1. The number of aromatic nitrogens is 3. The van der Waals surface area contributed by atoms with Crippen molar-refractivity contribution in [3.05, 3.63) is 66.2 Å². The highest BCUT2D eigenvalue weighted by Crippen LogP contribution is 2.24. The van der Waals surface area contributed by atoms with E-state index in [-0.39, 0.29) is 18.2 Å². The van der Waals surface area contributed by atoms with Crippen molar-refractivity contribution < 1.29 is 19.4 Å². The normalized spacial score (nSPS) is 14.3. The maximum absolute atomic E-state index is 12.3. The van der Waals surface area contributed by atoms with E-state index in [9.17, 15) is 9.59 Å². The van der Waals surface area contributed by atoms with E-state index in [0.29, 0.717) is 18.5 Å². The number of hydrogen-bond acceptors (Lipinski definition) is 6. The summed E-state index contributed by atoms with van der Waals surface area (Å²) in [7, 11) is 1.69. The summed E-state index contributed by atoms with van der Waals surface area (Å²) >= 11 is 0. The molecule has 8 heteroatoms. The summed E-state index contributed by atoms with van der Waals surface area (Å²) in [4.78, 5) is 28.5. The molecule has 1 unspecified atom stereocenters. The Hall–Kier alpha value is -3.96. The smallest absolute Gasteiger partial charge is 0.359 e. The molecule has 0 radical (unpaired) electrons. The third-order valence-electron chi connectivity index (χ3n) is 4.83. The van der Waals surface area contributed by atoms with Crippen molar-refractivity contribution >= 4 is 11.9 Å². The molecule has 1 aromatic carbocycles. The number of rotatable bonds is 4. The number of carbonyl (C=O) groups is 2. The van der Waals surface area contributed by atoms with Gasteiger partial charge in [-0.2, -0.15) is 5.10 Å². The van der Waals surface area contributed by atoms with Crippen LogP contribution in [0.5, 0.6) is 0 Å². The first-order chi connectivity index (χ1) is 16.4. The van der Waals surface area contributed by atoms with E-state index in [1.165, 1.54) is 4.90 Å². The Morgan fingerprint density at radius 1 is 1.29 bits per heavy atom. The molecule has 0 aliphatic carbocycles. The fourth-order valence-corrected chi connectivity index (χ4v) is 3.13. The Bertz CT molecular complexity index is 1120. The molecular formula is C26H30N4O4. The molecule has 2 aromatic heterocycles. The van der Waals surface area contributed by atoms with Crippen LogP contribution >= 0.6 is 0 Å². The van der Waals surface area contributed by atoms with Crippen LogP contribution in [0.4, 0.5) is 0 Å². The number of benzene rings is 1. The minimum absolute atomic E-state index is 0.148. The molecule has 3 heterocycles. The molecule has 1 saturated heterocycles. The van der Waals surface area contributed by atoms with E-state index in [4.69, 9.17) is 16.3 Å². The van der Waals surface area contributed by atoms with Crippen LogP contribution in [0, 0.1) is 12.3 Å². The second-order valence-electron chi connectivity index (χ2n) is 7.06. The Morgan fingerprint density at radius 2 is 2.06 bits per heavy atom. The number of hydrogen-bond donors (Lipinski definition) is 1. The zero-order valence-electron chi connectivity index (χ0n) is 19.9. The summed E-state index contributed by atoms with van der Waals surface area (Å²) in [6.45, 7) is 6.74. The highest BCUT2D eigenvalue weighted by Gasteiger charge is 2.26. The quantitative estimate of drug-likeness (QED) is 0.472. The van der Waals surface area contributed by atoms with Crippen molar-refractivity contribution in [2.45, 2.75) is 33.3 Å². The molecule has 1 aliphatic rings. The van der Waals surface area contributed by atoms with Gasteiger partial charge in [0.1, 0.15) is 6.10 Å². The number of amides is 1. The van der Waals surface area contributed by atoms with Gasteiger partial charge in [-0.25, -0.2) is 9.48 Å². The van der Waals surface area contributed by atoms with Gasteiger partial charge in [0, 0.05) is 48.9 Å². The Balaban J connectivity index is 0.000000343. The van der Waals surface area contributed by atoms with Gasteiger partial charge in [0.2, 0.25) is 0 Å². The van der Waals surface area contributed by atoms with E-state index < -0.39 is 12.1 Å². The van der Waals surface area contributed by atoms with Crippen LogP contribution in [0.3, 0.4) is 0 Å². The number of ether oxygens (including phenoxy) is 1. The summed E-state index contributed by atoms with van der Waals surface area (Å²) in [6.07, 6.45) is 10.5. The summed E-state index contributed by atoms with van der Waals surface area (Å²) in [5.41, 5.74) is 3.21. The first-order valence-corrected chi connectivity index (χ1v) is 11.1. The highest BCUT2D eigenvalue weighted by molar-refractivity contribution is 5.95. The van der Waals surface area contributed by atoms with E-state index >= 15 is 0 Å². The third-order valence-corrected chi connectivity index (χ3v) is 4.83. The summed E-state index contributed by atoms with van der Waals surface area (Å²) in [5.74, 6) is 1.97. The number of terminal acetylenes is 1. The van der Waals surface area contributed by atoms with Gasteiger partial charge in [0.05, 0.1) is 12.3 Å². The van der Waals surface area contributed by atoms with Crippen LogP contribution in [0.25, 0.3) is 16.8 Å². The Morgan fingerprint density at radius 3 is 2.59 bits per heavy atom. The number of likely N-dealkylation sites (N-methyl/N-ethyl adjacent to an activating group) is 1. The van der Waals surface area contributed by atoms with Crippen molar-refractivity contribution in [2.24, 2.45) is 0 Å². The maximum Gasteiger partial charge on any atom is 0.359 e. The molecule has 1 fully saturated rings. The number of likely N-dealkylation sites (tertiary alicyclic amines) is 1. The molecular weight excluding hydrogens is 432 g/mol. The van der Waals surface area contributed by atoms with Crippen LogP contribution < -0.4 is 0 Å². The fourth-order valence-electron chi connectivity index (χ4n) is 3.13. The molecule has 4 rings (SSSR count). The van der Waals surface area contributed by atoms with Crippen molar-refractivity contribution in [3.8, 4) is 29.2 Å². The van der Waals surface area contributed by atoms with E-state index in [1.807, 2.05) is 44.2 Å². The van der Waals surface area contributed by atoms with Gasteiger partial charge in [-0.1, -0.05) is 31.9 Å². The van der Waals surface area contributed by atoms with Gasteiger partial charge in [-0.15, -0.1) is 6.42 Å². The first-order valence-electron chi connectivity index (χ1n) is 11.1. The number of pyridine rings is 1. The monoisotopic (exact) mass is 462 g/mol. The van der Waals surface area contributed by atoms with E-state index in [2.05, 4.69) is 16.0 Å². The van der Waals surface area contributed by atoms with E-state index in [1.54, 1.807) is 43.3 Å². The second-order valence-corrected chi connectivity index (χ2v) is 7.06. The minimum Gasteiger partial charge on any atom is -0.461 e. The molecule has 1 amide bonds.